The minimum atomic E-state index is -0.374. The van der Waals surface area contributed by atoms with Gasteiger partial charge in [0.1, 0.15) is 5.69 Å². The summed E-state index contributed by atoms with van der Waals surface area (Å²) in [5.74, 6) is -0.374. The van der Waals surface area contributed by atoms with Crippen LogP contribution >= 0.6 is 0 Å². The van der Waals surface area contributed by atoms with E-state index in [0.717, 1.165) is 5.56 Å². The molecule has 0 aliphatic carbocycles. The summed E-state index contributed by atoms with van der Waals surface area (Å²) in [6.07, 6.45) is 0. The molecule has 4 N–H and O–H groups in total. The summed E-state index contributed by atoms with van der Waals surface area (Å²) in [4.78, 5) is 25.5. The van der Waals surface area contributed by atoms with Gasteiger partial charge in [0.15, 0.2) is 0 Å². The minimum absolute atomic E-state index is 0.212. The molecule has 0 aliphatic heterocycles. The zero-order valence-electron chi connectivity index (χ0n) is 9.86. The number of carbonyl (C=O) groups is 1. The second-order valence-electron chi connectivity index (χ2n) is 3.96. The van der Waals surface area contributed by atoms with Crippen molar-refractivity contribution in [1.29, 1.82) is 0 Å². The van der Waals surface area contributed by atoms with Gasteiger partial charge in [-0.1, -0.05) is 12.1 Å². The van der Waals surface area contributed by atoms with Gasteiger partial charge in [-0.05, 0) is 30.7 Å². The quantitative estimate of drug-likeness (QED) is 0.699. The number of nitrogens with one attached hydrogen (secondary N) is 2. The second kappa shape index (κ2) is 4.75. The average Bonchev–Trinajstić information content (AvgIpc) is 2.34. The Balaban J connectivity index is 2.26. The number of aryl methyl sites for hydroxylation is 1. The number of pyridine rings is 1. The number of hydrogen-bond donors (Lipinski definition) is 3. The molecule has 0 radical (unpaired) electrons. The average molecular weight is 243 g/mol. The molecule has 92 valence electrons. The standard InChI is InChI=1S/C13H13N3O2/c1-8-5-6-9(14)7-11(8)16-13(18)10-3-2-4-12(17)15-10/h2-7H,14H2,1H3,(H,15,17)(H,16,18). The number of hydrogen-bond acceptors (Lipinski definition) is 3. The van der Waals surface area contributed by atoms with Gasteiger partial charge in [0.2, 0.25) is 5.56 Å². The van der Waals surface area contributed by atoms with Crippen molar-refractivity contribution in [2.45, 2.75) is 6.92 Å². The Morgan fingerprint density at radius 2 is 2.06 bits per heavy atom. The van der Waals surface area contributed by atoms with Gasteiger partial charge < -0.3 is 16.0 Å². The molecule has 2 aromatic rings. The van der Waals surface area contributed by atoms with E-state index in [1.165, 1.54) is 12.1 Å². The third-order valence-electron chi connectivity index (χ3n) is 2.52. The molecule has 0 unspecified atom stereocenters. The van der Waals surface area contributed by atoms with Crippen LogP contribution < -0.4 is 16.6 Å². The first kappa shape index (κ1) is 11.9. The highest BCUT2D eigenvalue weighted by Crippen LogP contribution is 2.18. The molecular weight excluding hydrogens is 230 g/mol. The zero-order valence-corrected chi connectivity index (χ0v) is 9.86. The van der Waals surface area contributed by atoms with E-state index in [0.29, 0.717) is 11.4 Å². The normalized spacial score (nSPS) is 10.1. The Bertz CT molecular complexity index is 647. The number of benzene rings is 1. The van der Waals surface area contributed by atoms with Gasteiger partial charge in [-0.3, -0.25) is 9.59 Å². The van der Waals surface area contributed by atoms with Gasteiger partial charge in [-0.2, -0.15) is 0 Å². The topological polar surface area (TPSA) is 88.0 Å². The molecule has 0 spiro atoms. The van der Waals surface area contributed by atoms with Gasteiger partial charge in [0, 0.05) is 17.4 Å². The van der Waals surface area contributed by atoms with Crippen molar-refractivity contribution in [2.75, 3.05) is 11.1 Å². The number of H-pyrrole nitrogens is 1. The summed E-state index contributed by atoms with van der Waals surface area (Å²) in [6, 6.07) is 9.67. The fraction of sp³-hybridized carbons (Fsp3) is 0.0769. The molecule has 1 aromatic carbocycles. The summed E-state index contributed by atoms with van der Waals surface area (Å²) in [6.45, 7) is 1.86. The van der Waals surface area contributed by atoms with Crippen molar-refractivity contribution >= 4 is 17.3 Å². The SMILES string of the molecule is Cc1ccc(N)cc1NC(=O)c1cccc(=O)[nH]1. The number of amides is 1. The van der Waals surface area contributed by atoms with Crippen molar-refractivity contribution in [2.24, 2.45) is 0 Å². The van der Waals surface area contributed by atoms with Gasteiger partial charge in [0.05, 0.1) is 0 Å². The molecule has 5 heteroatoms. The molecule has 0 saturated heterocycles. The number of aromatic nitrogens is 1. The number of anilines is 2. The summed E-state index contributed by atoms with van der Waals surface area (Å²) >= 11 is 0. The van der Waals surface area contributed by atoms with Crippen LogP contribution in [0.3, 0.4) is 0 Å². The minimum Gasteiger partial charge on any atom is -0.399 e. The number of nitrogens with two attached hydrogens (primary N) is 1. The van der Waals surface area contributed by atoms with Crippen molar-refractivity contribution in [3.63, 3.8) is 0 Å². The highest BCUT2D eigenvalue weighted by atomic mass is 16.2. The van der Waals surface area contributed by atoms with Crippen LogP contribution in [-0.2, 0) is 0 Å². The smallest absolute Gasteiger partial charge is 0.272 e. The molecule has 5 nitrogen and oxygen atoms in total. The number of aromatic amines is 1. The van der Waals surface area contributed by atoms with E-state index in [2.05, 4.69) is 10.3 Å². The van der Waals surface area contributed by atoms with E-state index in [-0.39, 0.29) is 17.2 Å². The monoisotopic (exact) mass is 243 g/mol. The van der Waals surface area contributed by atoms with Gasteiger partial charge in [-0.15, -0.1) is 0 Å². The molecule has 0 bridgehead atoms. The summed E-state index contributed by atoms with van der Waals surface area (Å²) in [7, 11) is 0. The second-order valence-corrected chi connectivity index (χ2v) is 3.96. The van der Waals surface area contributed by atoms with Crippen molar-refractivity contribution in [1.82, 2.24) is 4.98 Å². The maximum absolute atomic E-state index is 11.9. The van der Waals surface area contributed by atoms with E-state index in [4.69, 9.17) is 5.73 Å². The lowest BCUT2D eigenvalue weighted by Crippen LogP contribution is -2.18. The maximum Gasteiger partial charge on any atom is 0.272 e. The maximum atomic E-state index is 11.9. The van der Waals surface area contributed by atoms with E-state index < -0.39 is 0 Å². The zero-order chi connectivity index (χ0) is 13.1. The van der Waals surface area contributed by atoms with Crippen molar-refractivity contribution in [3.8, 4) is 0 Å². The highest BCUT2D eigenvalue weighted by Gasteiger charge is 2.08. The fourth-order valence-electron chi connectivity index (χ4n) is 1.54. The predicted octanol–water partition coefficient (Wildman–Crippen LogP) is 1.52. The Morgan fingerprint density at radius 1 is 1.28 bits per heavy atom. The first-order valence-corrected chi connectivity index (χ1v) is 5.43. The molecule has 0 fully saturated rings. The Labute approximate surface area is 104 Å². The third kappa shape index (κ3) is 2.57. The van der Waals surface area contributed by atoms with E-state index in [1.807, 2.05) is 13.0 Å². The predicted molar refractivity (Wildman–Crippen MR) is 70.6 cm³/mol. The van der Waals surface area contributed by atoms with Crippen LogP contribution in [0, 0.1) is 6.92 Å². The van der Waals surface area contributed by atoms with Crippen LogP contribution in [0.5, 0.6) is 0 Å². The fourth-order valence-corrected chi connectivity index (χ4v) is 1.54. The van der Waals surface area contributed by atoms with Crippen molar-refractivity contribution in [3.05, 3.63) is 58.0 Å². The largest absolute Gasteiger partial charge is 0.399 e. The molecular formula is C13H13N3O2. The van der Waals surface area contributed by atoms with Crippen LogP contribution in [0.1, 0.15) is 16.1 Å². The lowest BCUT2D eigenvalue weighted by atomic mass is 10.2. The Hall–Kier alpha value is -2.56. The highest BCUT2D eigenvalue weighted by molar-refractivity contribution is 6.03. The summed E-state index contributed by atoms with van der Waals surface area (Å²) in [5, 5.41) is 2.71. The molecule has 2 rings (SSSR count). The molecule has 0 atom stereocenters. The van der Waals surface area contributed by atoms with Gasteiger partial charge >= 0.3 is 0 Å². The van der Waals surface area contributed by atoms with Crippen LogP contribution in [0.4, 0.5) is 11.4 Å². The van der Waals surface area contributed by atoms with E-state index >= 15 is 0 Å². The number of rotatable bonds is 2. The van der Waals surface area contributed by atoms with E-state index in [9.17, 15) is 9.59 Å². The molecule has 1 aromatic heterocycles. The first-order chi connectivity index (χ1) is 8.56. The number of carbonyl (C=O) groups excluding carboxylic acids is 1. The molecule has 1 heterocycles. The number of nitrogen functional groups attached to an aromatic ring is 1. The Morgan fingerprint density at radius 3 is 2.78 bits per heavy atom. The Kier molecular flexibility index (Phi) is 3.14. The summed E-state index contributed by atoms with van der Waals surface area (Å²) in [5.41, 5.74) is 7.65. The van der Waals surface area contributed by atoms with Crippen LogP contribution in [0.2, 0.25) is 0 Å². The van der Waals surface area contributed by atoms with Gasteiger partial charge in [0.25, 0.3) is 5.91 Å². The lowest BCUT2D eigenvalue weighted by Gasteiger charge is -2.08. The lowest BCUT2D eigenvalue weighted by molar-refractivity contribution is 0.102. The van der Waals surface area contributed by atoms with Crippen LogP contribution in [0.25, 0.3) is 0 Å². The third-order valence-corrected chi connectivity index (χ3v) is 2.52. The molecule has 1 amide bonds. The molecule has 18 heavy (non-hydrogen) atoms. The summed E-state index contributed by atoms with van der Waals surface area (Å²) < 4.78 is 0. The van der Waals surface area contributed by atoms with E-state index in [1.54, 1.807) is 18.2 Å². The molecule has 0 aliphatic rings. The molecule has 0 saturated carbocycles. The first-order valence-electron chi connectivity index (χ1n) is 5.43. The van der Waals surface area contributed by atoms with Crippen molar-refractivity contribution < 1.29 is 4.79 Å². The van der Waals surface area contributed by atoms with Crippen LogP contribution in [-0.4, -0.2) is 10.9 Å². The van der Waals surface area contributed by atoms with Crippen LogP contribution in [0.15, 0.2) is 41.2 Å². The van der Waals surface area contributed by atoms with Gasteiger partial charge in [-0.25, -0.2) is 0 Å².